The maximum Gasteiger partial charge on any atom is 0.335 e. The quantitative estimate of drug-likeness (QED) is 0.419. The van der Waals surface area contributed by atoms with E-state index in [1.807, 2.05) is 73.8 Å². The lowest BCUT2D eigenvalue weighted by atomic mass is 9.95. The molecule has 192 valence electrons. The standard InChI is InChI=1S/C30H33N3O4/c1-32(20-29(34)31-23-11-15-28(16-12-23)37-27-5-3-2-4-6-27)26-17-24-13-14-25(18-26)33(24)19-21-7-9-22(10-8-21)30(35)36/h2-12,15-16,24-26H,13-14,17-20H2,1H3,(H,31,34)(H,35,36)/t24-,25+,26?. The van der Waals surface area contributed by atoms with E-state index in [2.05, 4.69) is 15.1 Å². The molecule has 2 heterocycles. The fraction of sp³-hybridized carbons (Fsp3) is 0.333. The summed E-state index contributed by atoms with van der Waals surface area (Å²) in [4.78, 5) is 28.6. The summed E-state index contributed by atoms with van der Waals surface area (Å²) in [6, 6.07) is 25.6. The van der Waals surface area contributed by atoms with Gasteiger partial charge in [-0.3, -0.25) is 14.6 Å². The van der Waals surface area contributed by atoms with Gasteiger partial charge in [0.05, 0.1) is 12.1 Å². The van der Waals surface area contributed by atoms with E-state index in [0.717, 1.165) is 42.1 Å². The molecule has 7 heteroatoms. The van der Waals surface area contributed by atoms with Gasteiger partial charge in [-0.2, -0.15) is 0 Å². The molecule has 1 amide bonds. The Bertz CT molecular complexity index is 1200. The predicted octanol–water partition coefficient (Wildman–Crippen LogP) is 5.24. The van der Waals surface area contributed by atoms with Crippen molar-refractivity contribution in [2.75, 3.05) is 18.9 Å². The van der Waals surface area contributed by atoms with E-state index in [-0.39, 0.29) is 5.91 Å². The van der Waals surface area contributed by atoms with Crippen molar-refractivity contribution in [2.24, 2.45) is 0 Å². The third kappa shape index (κ3) is 6.18. The summed E-state index contributed by atoms with van der Waals surface area (Å²) < 4.78 is 5.82. The number of carbonyl (C=O) groups excluding carboxylic acids is 1. The number of carboxylic acid groups (broad SMARTS) is 1. The number of nitrogens with zero attached hydrogens (tertiary/aromatic N) is 2. The number of rotatable bonds is 9. The van der Waals surface area contributed by atoms with Gasteiger partial charge in [0.1, 0.15) is 11.5 Å². The van der Waals surface area contributed by atoms with Crippen LogP contribution in [0, 0.1) is 0 Å². The average molecular weight is 500 g/mol. The fourth-order valence-electron chi connectivity index (χ4n) is 5.61. The van der Waals surface area contributed by atoms with Crippen LogP contribution < -0.4 is 10.1 Å². The van der Waals surface area contributed by atoms with Crippen LogP contribution in [-0.4, -0.2) is 58.5 Å². The molecule has 2 N–H and O–H groups in total. The van der Waals surface area contributed by atoms with E-state index in [4.69, 9.17) is 9.84 Å². The van der Waals surface area contributed by atoms with Crippen molar-refractivity contribution in [3.05, 3.63) is 90.0 Å². The second-order valence-corrected chi connectivity index (χ2v) is 10.1. The fourth-order valence-corrected chi connectivity index (χ4v) is 5.61. The molecule has 1 unspecified atom stereocenters. The summed E-state index contributed by atoms with van der Waals surface area (Å²) in [7, 11) is 2.04. The molecule has 3 aromatic rings. The number of piperidine rings is 1. The van der Waals surface area contributed by atoms with Crippen LogP contribution in [0.25, 0.3) is 0 Å². The molecule has 37 heavy (non-hydrogen) atoms. The first-order valence-electron chi connectivity index (χ1n) is 12.9. The number of carboxylic acids is 1. The molecule has 0 aliphatic carbocycles. The Morgan fingerprint density at radius 1 is 0.919 bits per heavy atom. The normalized spacial score (nSPS) is 21.1. The van der Waals surface area contributed by atoms with Crippen LogP contribution >= 0.6 is 0 Å². The van der Waals surface area contributed by atoms with Crippen molar-refractivity contribution in [1.29, 1.82) is 0 Å². The third-order valence-corrected chi connectivity index (χ3v) is 7.56. The first kappa shape index (κ1) is 25.0. The topological polar surface area (TPSA) is 82.1 Å². The molecule has 0 saturated carbocycles. The van der Waals surface area contributed by atoms with Gasteiger partial charge in [-0.15, -0.1) is 0 Å². The van der Waals surface area contributed by atoms with Crippen molar-refractivity contribution < 1.29 is 19.4 Å². The van der Waals surface area contributed by atoms with E-state index >= 15 is 0 Å². The van der Waals surface area contributed by atoms with Crippen LogP contribution in [0.2, 0.25) is 0 Å². The maximum atomic E-state index is 12.8. The van der Waals surface area contributed by atoms with Gasteiger partial charge in [0.15, 0.2) is 0 Å². The van der Waals surface area contributed by atoms with Gasteiger partial charge in [-0.1, -0.05) is 30.3 Å². The molecule has 2 fully saturated rings. The lowest BCUT2D eigenvalue weighted by Gasteiger charge is -2.42. The SMILES string of the molecule is CN(CC(=O)Nc1ccc(Oc2ccccc2)cc1)C1C[C@H]2CC[C@@H](C1)N2Cc1ccc(C(=O)O)cc1. The number of anilines is 1. The van der Waals surface area contributed by atoms with Gasteiger partial charge in [-0.25, -0.2) is 4.79 Å². The second-order valence-electron chi connectivity index (χ2n) is 10.1. The van der Waals surface area contributed by atoms with E-state index in [1.165, 1.54) is 12.8 Å². The highest BCUT2D eigenvalue weighted by molar-refractivity contribution is 5.92. The molecule has 0 radical (unpaired) electrons. The highest BCUT2D eigenvalue weighted by Gasteiger charge is 2.41. The molecular formula is C30H33N3O4. The van der Waals surface area contributed by atoms with Crippen molar-refractivity contribution in [2.45, 2.75) is 50.4 Å². The molecule has 3 atom stereocenters. The molecule has 2 bridgehead atoms. The number of amides is 1. The number of hydrogen-bond donors (Lipinski definition) is 2. The zero-order chi connectivity index (χ0) is 25.8. The van der Waals surface area contributed by atoms with Crippen LogP contribution in [-0.2, 0) is 11.3 Å². The van der Waals surface area contributed by atoms with Crippen molar-refractivity contribution >= 4 is 17.6 Å². The van der Waals surface area contributed by atoms with E-state index < -0.39 is 5.97 Å². The molecule has 2 aliphatic heterocycles. The number of para-hydroxylation sites is 1. The summed E-state index contributed by atoms with van der Waals surface area (Å²) >= 11 is 0. The number of carbonyl (C=O) groups is 2. The Hall–Kier alpha value is -3.68. The first-order valence-corrected chi connectivity index (χ1v) is 12.9. The van der Waals surface area contributed by atoms with E-state index in [1.54, 1.807) is 12.1 Å². The lowest BCUT2D eigenvalue weighted by Crippen LogP contribution is -2.50. The van der Waals surface area contributed by atoms with E-state index in [0.29, 0.717) is 30.2 Å². The highest BCUT2D eigenvalue weighted by Crippen LogP contribution is 2.38. The molecule has 0 spiro atoms. The van der Waals surface area contributed by atoms with Crippen molar-refractivity contribution in [1.82, 2.24) is 9.80 Å². The molecule has 0 aromatic heterocycles. The monoisotopic (exact) mass is 499 g/mol. The smallest absolute Gasteiger partial charge is 0.335 e. The Labute approximate surface area is 217 Å². The summed E-state index contributed by atoms with van der Waals surface area (Å²) in [5.74, 6) is 0.583. The van der Waals surface area contributed by atoms with Crippen LogP contribution in [0.15, 0.2) is 78.9 Å². The Morgan fingerprint density at radius 3 is 2.16 bits per heavy atom. The van der Waals surface area contributed by atoms with Gasteiger partial charge < -0.3 is 15.2 Å². The predicted molar refractivity (Wildman–Crippen MR) is 143 cm³/mol. The molecule has 2 aliphatic rings. The summed E-state index contributed by atoms with van der Waals surface area (Å²) in [5.41, 5.74) is 2.22. The van der Waals surface area contributed by atoms with Crippen molar-refractivity contribution in [3.8, 4) is 11.5 Å². The minimum Gasteiger partial charge on any atom is -0.478 e. The summed E-state index contributed by atoms with van der Waals surface area (Å²) in [6.45, 7) is 1.19. The van der Waals surface area contributed by atoms with Gasteiger partial charge in [0.2, 0.25) is 5.91 Å². The van der Waals surface area contributed by atoms with Crippen molar-refractivity contribution in [3.63, 3.8) is 0 Å². The third-order valence-electron chi connectivity index (χ3n) is 7.56. The number of nitrogens with one attached hydrogen (secondary N) is 1. The van der Waals surface area contributed by atoms with Crippen LogP contribution in [0.3, 0.4) is 0 Å². The van der Waals surface area contributed by atoms with Crippen LogP contribution in [0.1, 0.15) is 41.6 Å². The summed E-state index contributed by atoms with van der Waals surface area (Å²) in [6.07, 6.45) is 4.43. The molecule has 7 nitrogen and oxygen atoms in total. The first-order chi connectivity index (χ1) is 17.9. The number of benzene rings is 3. The number of fused-ring (bicyclic) bond motifs is 2. The van der Waals surface area contributed by atoms with Gasteiger partial charge >= 0.3 is 5.97 Å². The zero-order valence-corrected chi connectivity index (χ0v) is 21.0. The van der Waals surface area contributed by atoms with Gasteiger partial charge in [0.25, 0.3) is 0 Å². The van der Waals surface area contributed by atoms with Crippen LogP contribution in [0.5, 0.6) is 11.5 Å². The minimum absolute atomic E-state index is 0.0208. The Balaban J connectivity index is 1.11. The van der Waals surface area contributed by atoms with Gasteiger partial charge in [-0.05, 0) is 86.8 Å². The summed E-state index contributed by atoms with van der Waals surface area (Å²) in [5, 5.41) is 12.1. The number of aromatic carboxylic acids is 1. The second kappa shape index (κ2) is 11.2. The van der Waals surface area contributed by atoms with Gasteiger partial charge in [0, 0.05) is 30.4 Å². The molecule has 2 saturated heterocycles. The average Bonchev–Trinajstić information content (AvgIpc) is 3.11. The van der Waals surface area contributed by atoms with E-state index in [9.17, 15) is 9.59 Å². The molecular weight excluding hydrogens is 466 g/mol. The highest BCUT2D eigenvalue weighted by atomic mass is 16.5. The number of hydrogen-bond acceptors (Lipinski definition) is 5. The largest absolute Gasteiger partial charge is 0.478 e. The Kier molecular flexibility index (Phi) is 7.53. The maximum absolute atomic E-state index is 12.8. The lowest BCUT2D eigenvalue weighted by molar-refractivity contribution is -0.117. The Morgan fingerprint density at radius 2 is 1.54 bits per heavy atom. The molecule has 5 rings (SSSR count). The minimum atomic E-state index is -0.895. The number of likely N-dealkylation sites (N-methyl/N-ethyl adjacent to an activating group) is 1. The number of ether oxygens (including phenoxy) is 1. The zero-order valence-electron chi connectivity index (χ0n) is 21.0. The van der Waals surface area contributed by atoms with Crippen LogP contribution in [0.4, 0.5) is 5.69 Å². The molecule has 3 aromatic carbocycles.